The maximum absolute atomic E-state index is 13.6. The molecule has 0 radical (unpaired) electrons. The third-order valence-corrected chi connectivity index (χ3v) is 5.12. The Bertz CT molecular complexity index is 901. The maximum atomic E-state index is 13.6. The van der Waals surface area contributed by atoms with E-state index in [1.165, 1.54) is 0 Å². The van der Waals surface area contributed by atoms with Crippen molar-refractivity contribution in [1.82, 2.24) is 0 Å². The highest BCUT2D eigenvalue weighted by molar-refractivity contribution is 6.33. The molecule has 0 aliphatic carbocycles. The normalized spacial score (nSPS) is 19.5. The average Bonchev–Trinajstić information content (AvgIpc) is 2.92. The Morgan fingerprint density at radius 2 is 1.86 bits per heavy atom. The quantitative estimate of drug-likeness (QED) is 0.724. The first-order valence-corrected chi connectivity index (χ1v) is 9.53. The summed E-state index contributed by atoms with van der Waals surface area (Å²) in [5.41, 5.74) is -0.196. The third-order valence-electron chi connectivity index (χ3n) is 4.79. The van der Waals surface area contributed by atoms with Gasteiger partial charge in [0.05, 0.1) is 23.0 Å². The summed E-state index contributed by atoms with van der Waals surface area (Å²) in [4.78, 5) is 27.7. The number of hydrogen-bond acceptors (Lipinski definition) is 5. The predicted octanol–water partition coefficient (Wildman–Crippen LogP) is 3.33. The zero-order valence-corrected chi connectivity index (χ0v) is 16.7. The van der Waals surface area contributed by atoms with Crippen molar-refractivity contribution >= 4 is 34.9 Å². The van der Waals surface area contributed by atoms with Crippen LogP contribution in [0.1, 0.15) is 26.3 Å². The molecule has 1 heterocycles. The Balaban J connectivity index is 2.23. The van der Waals surface area contributed by atoms with E-state index in [2.05, 4.69) is 5.32 Å². The molecule has 0 bridgehead atoms. The molecule has 0 spiro atoms. The van der Waals surface area contributed by atoms with Crippen molar-refractivity contribution in [2.45, 2.75) is 38.5 Å². The Morgan fingerprint density at radius 1 is 1.21 bits per heavy atom. The van der Waals surface area contributed by atoms with Crippen LogP contribution >= 0.6 is 11.6 Å². The van der Waals surface area contributed by atoms with Gasteiger partial charge in [-0.1, -0.05) is 41.9 Å². The number of benzene rings is 2. The van der Waals surface area contributed by atoms with Crippen LogP contribution in [0.2, 0.25) is 5.02 Å². The van der Waals surface area contributed by atoms with Gasteiger partial charge in [0, 0.05) is 11.6 Å². The van der Waals surface area contributed by atoms with E-state index in [4.69, 9.17) is 16.3 Å². The molecule has 0 saturated carbocycles. The van der Waals surface area contributed by atoms with Crippen LogP contribution in [-0.4, -0.2) is 35.7 Å². The zero-order chi connectivity index (χ0) is 20.5. The number of hydrogen-bond donors (Lipinski definition) is 2. The number of anilines is 2. The van der Waals surface area contributed by atoms with Crippen molar-refractivity contribution < 1.29 is 19.4 Å². The van der Waals surface area contributed by atoms with Crippen LogP contribution in [0.4, 0.5) is 11.4 Å². The fraction of sp³-hybridized carbons (Fsp3) is 0.333. The van der Waals surface area contributed by atoms with Gasteiger partial charge >= 0.3 is 5.97 Å². The van der Waals surface area contributed by atoms with Crippen LogP contribution in [-0.2, 0) is 19.9 Å². The van der Waals surface area contributed by atoms with E-state index in [0.29, 0.717) is 22.0 Å². The van der Waals surface area contributed by atoms with Crippen LogP contribution in [0.5, 0.6) is 0 Å². The molecule has 2 N–H and O–H groups in total. The number of para-hydroxylation sites is 2. The molecular formula is C21H23ClN2O4. The van der Waals surface area contributed by atoms with Crippen LogP contribution in [0.15, 0.2) is 48.5 Å². The first-order valence-electron chi connectivity index (χ1n) is 9.15. The van der Waals surface area contributed by atoms with E-state index in [1.807, 2.05) is 19.9 Å². The third kappa shape index (κ3) is 3.12. The lowest BCUT2D eigenvalue weighted by molar-refractivity contribution is -0.159. The summed E-state index contributed by atoms with van der Waals surface area (Å²) in [6.45, 7) is 5.47. The smallest absolute Gasteiger partial charge is 0.338 e. The molecule has 2 unspecified atom stereocenters. The van der Waals surface area contributed by atoms with E-state index < -0.39 is 23.5 Å². The van der Waals surface area contributed by atoms with Gasteiger partial charge in [-0.25, -0.2) is 4.79 Å². The molecule has 1 aliphatic rings. The molecule has 7 heteroatoms. The van der Waals surface area contributed by atoms with Crippen LogP contribution in [0.3, 0.4) is 0 Å². The largest absolute Gasteiger partial charge is 0.464 e. The first kappa shape index (κ1) is 20.2. The fourth-order valence-electron chi connectivity index (χ4n) is 3.57. The van der Waals surface area contributed by atoms with Crippen LogP contribution in [0, 0.1) is 0 Å². The molecule has 6 nitrogen and oxygen atoms in total. The Labute approximate surface area is 169 Å². The summed E-state index contributed by atoms with van der Waals surface area (Å²) in [5.74, 6) is -1.32. The molecule has 0 fully saturated rings. The van der Waals surface area contributed by atoms with Gasteiger partial charge in [0.1, 0.15) is 0 Å². The number of carbonyl (C=O) groups excluding carboxylic acids is 2. The zero-order valence-electron chi connectivity index (χ0n) is 16.0. The molecular weight excluding hydrogens is 380 g/mol. The van der Waals surface area contributed by atoms with Gasteiger partial charge in [-0.05, 0) is 39.0 Å². The monoisotopic (exact) mass is 402 g/mol. The minimum Gasteiger partial charge on any atom is -0.464 e. The van der Waals surface area contributed by atoms with E-state index in [-0.39, 0.29) is 12.6 Å². The van der Waals surface area contributed by atoms with Gasteiger partial charge in [-0.15, -0.1) is 0 Å². The molecule has 1 amide bonds. The summed E-state index contributed by atoms with van der Waals surface area (Å²) in [5, 5.41) is 14.5. The fourth-order valence-corrected chi connectivity index (χ4v) is 3.75. The standard InChI is InChI=1S/C21H23ClN2O4/c1-4-28-19(26)18(25)21(23-16-11-7-6-10-15(16)22)14-9-5-8-12-17(14)24(13(2)3)20(21)27/h5-13,18,23,25H,4H2,1-3H3. The Hall–Kier alpha value is -2.57. The highest BCUT2D eigenvalue weighted by Crippen LogP contribution is 2.46. The minimum absolute atomic E-state index is 0.0851. The lowest BCUT2D eigenvalue weighted by atomic mass is 9.84. The Kier molecular flexibility index (Phi) is 5.63. The predicted molar refractivity (Wildman–Crippen MR) is 108 cm³/mol. The molecule has 2 aromatic carbocycles. The molecule has 2 aromatic rings. The lowest BCUT2D eigenvalue weighted by Gasteiger charge is -2.34. The van der Waals surface area contributed by atoms with Gasteiger partial charge in [-0.3, -0.25) is 4.79 Å². The Morgan fingerprint density at radius 3 is 2.50 bits per heavy atom. The highest BCUT2D eigenvalue weighted by atomic mass is 35.5. The maximum Gasteiger partial charge on any atom is 0.338 e. The molecule has 0 aromatic heterocycles. The SMILES string of the molecule is CCOC(=O)C(O)C1(Nc2ccccc2Cl)C(=O)N(C(C)C)c2ccccc21. The van der Waals surface area contributed by atoms with Crippen molar-refractivity contribution in [3.63, 3.8) is 0 Å². The van der Waals surface area contributed by atoms with Gasteiger partial charge in [0.25, 0.3) is 5.91 Å². The molecule has 148 valence electrons. The molecule has 0 saturated heterocycles. The minimum atomic E-state index is -1.76. The number of aliphatic hydroxyl groups is 1. The summed E-state index contributed by atoms with van der Waals surface area (Å²) < 4.78 is 5.04. The number of rotatable bonds is 6. The van der Waals surface area contributed by atoms with Crippen molar-refractivity contribution in [3.05, 3.63) is 59.1 Å². The van der Waals surface area contributed by atoms with Crippen molar-refractivity contribution in [1.29, 1.82) is 0 Å². The molecule has 3 rings (SSSR count). The topological polar surface area (TPSA) is 78.9 Å². The van der Waals surface area contributed by atoms with Crippen molar-refractivity contribution in [2.75, 3.05) is 16.8 Å². The second kappa shape index (κ2) is 7.81. The lowest BCUT2D eigenvalue weighted by Crippen LogP contribution is -2.58. The summed E-state index contributed by atoms with van der Waals surface area (Å²) >= 11 is 6.30. The summed E-state index contributed by atoms with van der Waals surface area (Å²) in [7, 11) is 0. The number of nitrogens with one attached hydrogen (secondary N) is 1. The van der Waals surface area contributed by atoms with Gasteiger partial charge in [0.2, 0.25) is 0 Å². The molecule has 2 atom stereocenters. The van der Waals surface area contributed by atoms with Gasteiger partial charge < -0.3 is 20.1 Å². The van der Waals surface area contributed by atoms with Gasteiger partial charge in [-0.2, -0.15) is 0 Å². The number of fused-ring (bicyclic) bond motifs is 1. The summed E-state index contributed by atoms with van der Waals surface area (Å²) in [6, 6.07) is 13.8. The van der Waals surface area contributed by atoms with E-state index in [1.54, 1.807) is 54.3 Å². The van der Waals surface area contributed by atoms with Crippen LogP contribution < -0.4 is 10.2 Å². The van der Waals surface area contributed by atoms with E-state index in [0.717, 1.165) is 0 Å². The second-order valence-electron chi connectivity index (χ2n) is 6.85. The number of halogens is 1. The number of ether oxygens (including phenoxy) is 1. The number of amides is 1. The number of esters is 1. The number of aliphatic hydroxyl groups excluding tert-OH is 1. The average molecular weight is 403 g/mol. The van der Waals surface area contributed by atoms with E-state index >= 15 is 0 Å². The number of nitrogens with zero attached hydrogens (tertiary/aromatic N) is 1. The molecule has 28 heavy (non-hydrogen) atoms. The second-order valence-corrected chi connectivity index (χ2v) is 7.26. The highest BCUT2D eigenvalue weighted by Gasteiger charge is 2.59. The molecule has 1 aliphatic heterocycles. The van der Waals surface area contributed by atoms with Crippen molar-refractivity contribution in [3.8, 4) is 0 Å². The summed E-state index contributed by atoms with van der Waals surface area (Å²) in [6.07, 6.45) is -1.76. The first-order chi connectivity index (χ1) is 13.3. The van der Waals surface area contributed by atoms with Crippen LogP contribution in [0.25, 0.3) is 0 Å². The van der Waals surface area contributed by atoms with E-state index in [9.17, 15) is 14.7 Å². The number of carbonyl (C=O) groups is 2. The van der Waals surface area contributed by atoms with Crippen molar-refractivity contribution in [2.24, 2.45) is 0 Å². The van der Waals surface area contributed by atoms with Gasteiger partial charge in [0.15, 0.2) is 11.6 Å².